The quantitative estimate of drug-likeness (QED) is 0.350. The van der Waals surface area contributed by atoms with E-state index in [1.807, 2.05) is 0 Å². The lowest BCUT2D eigenvalue weighted by molar-refractivity contribution is 0.375. The minimum absolute atomic E-state index is 0.758. The zero-order chi connectivity index (χ0) is 15.9. The molecule has 4 nitrogen and oxygen atoms in total. The molecule has 0 heterocycles. The van der Waals surface area contributed by atoms with E-state index in [2.05, 4.69) is 35.1 Å². The number of unbranched alkanes of at least 4 members (excludes halogenated alkanes) is 2. The minimum atomic E-state index is 0.758. The van der Waals surface area contributed by atoms with E-state index in [4.69, 9.17) is 0 Å². The highest BCUT2D eigenvalue weighted by atomic mass is 15.0. The Labute approximate surface area is 138 Å². The van der Waals surface area contributed by atoms with E-state index in [0.29, 0.717) is 0 Å². The Morgan fingerprint density at radius 1 is 0.727 bits per heavy atom. The fraction of sp³-hybridized carbons (Fsp3) is 1.00. The highest BCUT2D eigenvalue weighted by Crippen LogP contribution is 2.25. The molecule has 1 saturated carbocycles. The SMILES string of the molecule is CCNCCCCNC[C@@H]1CCCC1NCCCCNCC. The first-order chi connectivity index (χ1) is 10.9. The van der Waals surface area contributed by atoms with Crippen molar-refractivity contribution in [1.82, 2.24) is 21.3 Å². The largest absolute Gasteiger partial charge is 0.317 e. The summed E-state index contributed by atoms with van der Waals surface area (Å²) in [5, 5.41) is 14.3. The average Bonchev–Trinajstić information content (AvgIpc) is 2.97. The smallest absolute Gasteiger partial charge is 0.0107 e. The molecular weight excluding hydrogens is 272 g/mol. The van der Waals surface area contributed by atoms with Crippen LogP contribution in [0.25, 0.3) is 0 Å². The second kappa shape index (κ2) is 14.4. The van der Waals surface area contributed by atoms with Crippen LogP contribution in [-0.4, -0.2) is 51.9 Å². The van der Waals surface area contributed by atoms with Gasteiger partial charge in [0, 0.05) is 6.04 Å². The van der Waals surface area contributed by atoms with Crippen molar-refractivity contribution in [2.45, 2.75) is 64.8 Å². The Bertz CT molecular complexity index is 235. The van der Waals surface area contributed by atoms with Crippen molar-refractivity contribution in [1.29, 1.82) is 0 Å². The maximum absolute atomic E-state index is 3.80. The number of nitrogens with one attached hydrogen (secondary N) is 4. The van der Waals surface area contributed by atoms with Crippen LogP contribution in [0.1, 0.15) is 58.8 Å². The Balaban J connectivity index is 1.96. The predicted molar refractivity (Wildman–Crippen MR) is 97.6 cm³/mol. The first-order valence-corrected chi connectivity index (χ1v) is 9.74. The first kappa shape index (κ1) is 19.9. The summed E-state index contributed by atoms with van der Waals surface area (Å²) < 4.78 is 0. The Hall–Kier alpha value is -0.160. The molecule has 0 aromatic rings. The minimum Gasteiger partial charge on any atom is -0.317 e. The van der Waals surface area contributed by atoms with Gasteiger partial charge in [-0.15, -0.1) is 0 Å². The molecular formula is C18H40N4. The lowest BCUT2D eigenvalue weighted by Gasteiger charge is -2.21. The van der Waals surface area contributed by atoms with Crippen LogP contribution in [-0.2, 0) is 0 Å². The van der Waals surface area contributed by atoms with Crippen LogP contribution in [0.4, 0.5) is 0 Å². The van der Waals surface area contributed by atoms with Gasteiger partial charge in [0.1, 0.15) is 0 Å². The molecule has 0 spiro atoms. The van der Waals surface area contributed by atoms with Crippen molar-refractivity contribution in [2.75, 3.05) is 45.8 Å². The summed E-state index contributed by atoms with van der Waals surface area (Å²) in [5.41, 5.74) is 0. The third-order valence-corrected chi connectivity index (χ3v) is 4.71. The highest BCUT2D eigenvalue weighted by Gasteiger charge is 2.25. The van der Waals surface area contributed by atoms with Crippen LogP contribution in [0.2, 0.25) is 0 Å². The van der Waals surface area contributed by atoms with Crippen molar-refractivity contribution < 1.29 is 0 Å². The summed E-state index contributed by atoms with van der Waals surface area (Å²) in [4.78, 5) is 0. The first-order valence-electron chi connectivity index (χ1n) is 9.74. The lowest BCUT2D eigenvalue weighted by atomic mass is 10.0. The highest BCUT2D eigenvalue weighted by molar-refractivity contribution is 4.84. The van der Waals surface area contributed by atoms with E-state index in [1.165, 1.54) is 77.7 Å². The molecule has 1 unspecified atom stereocenters. The van der Waals surface area contributed by atoms with E-state index in [1.54, 1.807) is 0 Å². The third kappa shape index (κ3) is 9.78. The van der Waals surface area contributed by atoms with Gasteiger partial charge in [-0.05, 0) is 90.3 Å². The van der Waals surface area contributed by atoms with Gasteiger partial charge in [-0.1, -0.05) is 20.3 Å². The summed E-state index contributed by atoms with van der Waals surface area (Å²) in [5.74, 6) is 0.850. The van der Waals surface area contributed by atoms with Gasteiger partial charge >= 0.3 is 0 Å². The summed E-state index contributed by atoms with van der Waals surface area (Å²) in [7, 11) is 0. The maximum atomic E-state index is 3.80. The molecule has 4 heteroatoms. The topological polar surface area (TPSA) is 48.1 Å². The van der Waals surface area contributed by atoms with Gasteiger partial charge in [-0.25, -0.2) is 0 Å². The number of hydrogen-bond acceptors (Lipinski definition) is 4. The zero-order valence-corrected chi connectivity index (χ0v) is 15.1. The Morgan fingerprint density at radius 2 is 1.32 bits per heavy atom. The molecule has 0 bridgehead atoms. The molecule has 2 atom stereocenters. The Morgan fingerprint density at radius 3 is 1.95 bits per heavy atom. The standard InChI is InChI=1S/C18H40N4/c1-3-19-12-5-6-14-21-16-17-10-9-11-18(17)22-15-8-7-13-20-4-2/h17-22H,3-16H2,1-2H3/t17-,18?/m0/s1. The molecule has 132 valence electrons. The monoisotopic (exact) mass is 312 g/mol. The number of rotatable bonds is 15. The normalized spacial score (nSPS) is 21.5. The predicted octanol–water partition coefficient (Wildman–Crippen LogP) is 2.11. The average molecular weight is 313 g/mol. The summed E-state index contributed by atoms with van der Waals surface area (Å²) >= 11 is 0. The van der Waals surface area contributed by atoms with E-state index in [-0.39, 0.29) is 0 Å². The fourth-order valence-corrected chi connectivity index (χ4v) is 3.35. The molecule has 0 aromatic heterocycles. The van der Waals surface area contributed by atoms with Crippen LogP contribution < -0.4 is 21.3 Å². The van der Waals surface area contributed by atoms with Crippen LogP contribution in [0, 0.1) is 5.92 Å². The van der Waals surface area contributed by atoms with Gasteiger partial charge in [-0.2, -0.15) is 0 Å². The molecule has 1 aliphatic carbocycles. The van der Waals surface area contributed by atoms with Crippen molar-refractivity contribution in [3.63, 3.8) is 0 Å². The second-order valence-electron chi connectivity index (χ2n) is 6.58. The lowest BCUT2D eigenvalue weighted by Crippen LogP contribution is -2.38. The third-order valence-electron chi connectivity index (χ3n) is 4.71. The molecule has 4 N–H and O–H groups in total. The van der Waals surface area contributed by atoms with Crippen molar-refractivity contribution in [2.24, 2.45) is 5.92 Å². The number of hydrogen-bond donors (Lipinski definition) is 4. The van der Waals surface area contributed by atoms with Gasteiger partial charge < -0.3 is 21.3 Å². The zero-order valence-electron chi connectivity index (χ0n) is 15.1. The summed E-state index contributed by atoms with van der Waals surface area (Å²) in [6.45, 7) is 12.4. The second-order valence-corrected chi connectivity index (χ2v) is 6.58. The van der Waals surface area contributed by atoms with Crippen molar-refractivity contribution in [3.05, 3.63) is 0 Å². The van der Waals surface area contributed by atoms with E-state index >= 15 is 0 Å². The van der Waals surface area contributed by atoms with Crippen molar-refractivity contribution >= 4 is 0 Å². The van der Waals surface area contributed by atoms with E-state index in [9.17, 15) is 0 Å². The molecule has 22 heavy (non-hydrogen) atoms. The molecule has 1 rings (SSSR count). The van der Waals surface area contributed by atoms with Crippen LogP contribution in [0.5, 0.6) is 0 Å². The van der Waals surface area contributed by atoms with E-state index in [0.717, 1.165) is 25.0 Å². The van der Waals surface area contributed by atoms with Gasteiger partial charge in [0.15, 0.2) is 0 Å². The Kier molecular flexibility index (Phi) is 13.0. The van der Waals surface area contributed by atoms with Crippen molar-refractivity contribution in [3.8, 4) is 0 Å². The maximum Gasteiger partial charge on any atom is 0.0107 e. The molecule has 0 saturated heterocycles. The fourth-order valence-electron chi connectivity index (χ4n) is 3.35. The van der Waals surface area contributed by atoms with E-state index < -0.39 is 0 Å². The molecule has 0 radical (unpaired) electrons. The molecule has 0 amide bonds. The van der Waals surface area contributed by atoms with Crippen LogP contribution in [0.15, 0.2) is 0 Å². The van der Waals surface area contributed by atoms with Gasteiger partial charge in [0.2, 0.25) is 0 Å². The summed E-state index contributed by atoms with van der Waals surface area (Å²) in [6, 6.07) is 0.758. The van der Waals surface area contributed by atoms with Gasteiger partial charge in [-0.3, -0.25) is 0 Å². The summed E-state index contributed by atoms with van der Waals surface area (Å²) in [6.07, 6.45) is 9.36. The van der Waals surface area contributed by atoms with Crippen LogP contribution in [0.3, 0.4) is 0 Å². The molecule has 1 fully saturated rings. The molecule has 1 aliphatic rings. The molecule has 0 aliphatic heterocycles. The molecule has 0 aromatic carbocycles. The van der Waals surface area contributed by atoms with Gasteiger partial charge in [0.25, 0.3) is 0 Å². The van der Waals surface area contributed by atoms with Gasteiger partial charge in [0.05, 0.1) is 0 Å². The van der Waals surface area contributed by atoms with Crippen LogP contribution >= 0.6 is 0 Å².